The standard InChI is InChI=1S/C12H15BrN6O/c1-18-4-3-15-10(18)7-19(2)12(20)9-5-8(13)6-16-11(9)17-14/h3-6H,7,14H2,1-2H3,(H,16,17). The Morgan fingerprint density at radius 3 is 2.90 bits per heavy atom. The molecular formula is C12H15BrN6O. The molecular weight excluding hydrogens is 324 g/mol. The number of rotatable bonds is 4. The molecule has 0 atom stereocenters. The first-order chi connectivity index (χ1) is 9.52. The van der Waals surface area contributed by atoms with Crippen LogP contribution in [0.15, 0.2) is 29.1 Å². The maximum atomic E-state index is 12.4. The van der Waals surface area contributed by atoms with Crippen molar-refractivity contribution in [2.75, 3.05) is 12.5 Å². The number of anilines is 1. The Bertz CT molecular complexity index is 626. The average molecular weight is 339 g/mol. The minimum atomic E-state index is -0.185. The molecule has 20 heavy (non-hydrogen) atoms. The van der Waals surface area contributed by atoms with Crippen LogP contribution in [0.2, 0.25) is 0 Å². The fourth-order valence-electron chi connectivity index (χ4n) is 1.76. The number of nitrogen functional groups attached to an aromatic ring is 1. The summed E-state index contributed by atoms with van der Waals surface area (Å²) >= 11 is 3.30. The van der Waals surface area contributed by atoms with Gasteiger partial charge >= 0.3 is 0 Å². The predicted molar refractivity (Wildman–Crippen MR) is 78.8 cm³/mol. The lowest BCUT2D eigenvalue weighted by atomic mass is 10.2. The van der Waals surface area contributed by atoms with Gasteiger partial charge in [0.2, 0.25) is 0 Å². The maximum absolute atomic E-state index is 12.4. The van der Waals surface area contributed by atoms with Crippen LogP contribution in [0.1, 0.15) is 16.2 Å². The van der Waals surface area contributed by atoms with E-state index in [9.17, 15) is 4.79 Å². The normalized spacial score (nSPS) is 10.4. The molecule has 106 valence electrons. The number of aryl methyl sites for hydroxylation is 1. The molecule has 0 saturated heterocycles. The van der Waals surface area contributed by atoms with E-state index in [2.05, 4.69) is 31.3 Å². The molecule has 3 N–H and O–H groups in total. The molecule has 0 aliphatic carbocycles. The van der Waals surface area contributed by atoms with E-state index in [4.69, 9.17) is 5.84 Å². The zero-order chi connectivity index (χ0) is 14.7. The second-order valence-electron chi connectivity index (χ2n) is 4.31. The molecule has 2 aromatic rings. The highest BCUT2D eigenvalue weighted by atomic mass is 79.9. The van der Waals surface area contributed by atoms with Gasteiger partial charge < -0.3 is 14.9 Å². The highest BCUT2D eigenvalue weighted by Crippen LogP contribution is 2.19. The average Bonchev–Trinajstić information content (AvgIpc) is 2.83. The van der Waals surface area contributed by atoms with Crippen molar-refractivity contribution in [1.29, 1.82) is 0 Å². The number of nitrogens with two attached hydrogens (primary N) is 1. The van der Waals surface area contributed by atoms with Crippen LogP contribution in [0.5, 0.6) is 0 Å². The highest BCUT2D eigenvalue weighted by molar-refractivity contribution is 9.10. The molecule has 2 heterocycles. The molecule has 0 bridgehead atoms. The molecule has 0 fully saturated rings. The molecule has 0 spiro atoms. The summed E-state index contributed by atoms with van der Waals surface area (Å²) in [5, 5.41) is 0. The number of hydrazine groups is 1. The van der Waals surface area contributed by atoms with Crippen molar-refractivity contribution in [3.63, 3.8) is 0 Å². The van der Waals surface area contributed by atoms with E-state index in [1.807, 2.05) is 17.8 Å². The van der Waals surface area contributed by atoms with Crippen LogP contribution in [0, 0.1) is 0 Å². The van der Waals surface area contributed by atoms with E-state index < -0.39 is 0 Å². The minimum Gasteiger partial charge on any atom is -0.337 e. The topological polar surface area (TPSA) is 89.1 Å². The summed E-state index contributed by atoms with van der Waals surface area (Å²) in [6, 6.07) is 1.68. The molecule has 8 heteroatoms. The van der Waals surface area contributed by atoms with Crippen molar-refractivity contribution in [3.05, 3.63) is 40.5 Å². The quantitative estimate of drug-likeness (QED) is 0.644. The molecule has 0 aromatic carbocycles. The van der Waals surface area contributed by atoms with Gasteiger partial charge in [-0.05, 0) is 22.0 Å². The number of pyridine rings is 1. The summed E-state index contributed by atoms with van der Waals surface area (Å²) in [6.45, 7) is 0.402. The van der Waals surface area contributed by atoms with Crippen molar-refractivity contribution in [2.24, 2.45) is 12.9 Å². The van der Waals surface area contributed by atoms with Gasteiger partial charge in [-0.1, -0.05) is 0 Å². The first-order valence-electron chi connectivity index (χ1n) is 5.86. The van der Waals surface area contributed by atoms with Gasteiger partial charge in [-0.15, -0.1) is 0 Å². The first-order valence-corrected chi connectivity index (χ1v) is 6.66. The lowest BCUT2D eigenvalue weighted by Gasteiger charge is -2.18. The van der Waals surface area contributed by atoms with Crippen LogP contribution in [-0.4, -0.2) is 32.4 Å². The number of halogens is 1. The largest absolute Gasteiger partial charge is 0.337 e. The van der Waals surface area contributed by atoms with E-state index in [0.717, 1.165) is 5.82 Å². The third-order valence-corrected chi connectivity index (χ3v) is 3.30. The Labute approximate surface area is 124 Å². The van der Waals surface area contributed by atoms with Gasteiger partial charge in [0.15, 0.2) is 5.82 Å². The zero-order valence-corrected chi connectivity index (χ0v) is 12.8. The fraction of sp³-hybridized carbons (Fsp3) is 0.250. The van der Waals surface area contributed by atoms with Gasteiger partial charge in [0.05, 0.1) is 12.1 Å². The number of nitrogens with one attached hydrogen (secondary N) is 1. The lowest BCUT2D eigenvalue weighted by Crippen LogP contribution is -2.29. The van der Waals surface area contributed by atoms with E-state index >= 15 is 0 Å². The summed E-state index contributed by atoms with van der Waals surface area (Å²) in [5.74, 6) is 6.33. The van der Waals surface area contributed by atoms with Crippen LogP contribution in [0.25, 0.3) is 0 Å². The molecule has 0 saturated carbocycles. The van der Waals surface area contributed by atoms with Gasteiger partial charge in [-0.2, -0.15) is 0 Å². The molecule has 0 aliphatic rings. The van der Waals surface area contributed by atoms with Crippen molar-refractivity contribution in [3.8, 4) is 0 Å². The van der Waals surface area contributed by atoms with E-state index in [0.29, 0.717) is 22.4 Å². The Morgan fingerprint density at radius 1 is 1.55 bits per heavy atom. The summed E-state index contributed by atoms with van der Waals surface area (Å²) in [6.07, 6.45) is 5.10. The maximum Gasteiger partial charge on any atom is 0.257 e. The third-order valence-electron chi connectivity index (χ3n) is 2.87. The molecule has 1 amide bonds. The van der Waals surface area contributed by atoms with Crippen LogP contribution in [0.4, 0.5) is 5.82 Å². The molecule has 2 aromatic heterocycles. The van der Waals surface area contributed by atoms with Crippen molar-refractivity contribution >= 4 is 27.7 Å². The SMILES string of the molecule is CN(Cc1nccn1C)C(=O)c1cc(Br)cnc1NN. The van der Waals surface area contributed by atoms with E-state index in [1.165, 1.54) is 0 Å². The monoisotopic (exact) mass is 338 g/mol. The molecule has 2 rings (SSSR count). The van der Waals surface area contributed by atoms with Crippen LogP contribution < -0.4 is 11.3 Å². The van der Waals surface area contributed by atoms with Gasteiger partial charge in [0.25, 0.3) is 5.91 Å². The molecule has 0 radical (unpaired) electrons. The van der Waals surface area contributed by atoms with Crippen LogP contribution in [-0.2, 0) is 13.6 Å². The Hall–Kier alpha value is -1.93. The fourth-order valence-corrected chi connectivity index (χ4v) is 2.09. The second-order valence-corrected chi connectivity index (χ2v) is 5.23. The highest BCUT2D eigenvalue weighted by Gasteiger charge is 2.18. The van der Waals surface area contributed by atoms with Crippen LogP contribution in [0.3, 0.4) is 0 Å². The minimum absolute atomic E-state index is 0.185. The Kier molecular flexibility index (Phi) is 4.35. The second kappa shape index (κ2) is 6.02. The number of imidazole rings is 1. The summed E-state index contributed by atoms with van der Waals surface area (Å²) in [7, 11) is 3.59. The Balaban J connectivity index is 2.22. The zero-order valence-electron chi connectivity index (χ0n) is 11.2. The smallest absolute Gasteiger partial charge is 0.257 e. The van der Waals surface area contributed by atoms with Gasteiger partial charge in [0, 0.05) is 37.2 Å². The van der Waals surface area contributed by atoms with Gasteiger partial charge in [-0.3, -0.25) is 4.79 Å². The van der Waals surface area contributed by atoms with E-state index in [1.54, 1.807) is 30.4 Å². The summed E-state index contributed by atoms with van der Waals surface area (Å²) in [4.78, 5) is 22.3. The molecule has 0 unspecified atom stereocenters. The predicted octanol–water partition coefficient (Wildman–Crippen LogP) is 1.14. The van der Waals surface area contributed by atoms with Crippen molar-refractivity contribution in [2.45, 2.75) is 6.54 Å². The van der Waals surface area contributed by atoms with Crippen molar-refractivity contribution < 1.29 is 4.79 Å². The van der Waals surface area contributed by atoms with Crippen molar-refractivity contribution in [1.82, 2.24) is 19.4 Å². The summed E-state index contributed by atoms with van der Waals surface area (Å²) < 4.78 is 2.58. The van der Waals surface area contributed by atoms with Gasteiger partial charge in [0.1, 0.15) is 5.82 Å². The lowest BCUT2D eigenvalue weighted by molar-refractivity contribution is 0.0781. The number of carbonyl (C=O) groups is 1. The number of hydrogen-bond donors (Lipinski definition) is 2. The molecule has 7 nitrogen and oxygen atoms in total. The molecule has 0 aliphatic heterocycles. The number of carbonyl (C=O) groups excluding carboxylic acids is 1. The van der Waals surface area contributed by atoms with Crippen LogP contribution >= 0.6 is 15.9 Å². The number of aromatic nitrogens is 3. The number of nitrogens with zero attached hydrogens (tertiary/aromatic N) is 4. The van der Waals surface area contributed by atoms with E-state index in [-0.39, 0.29) is 5.91 Å². The number of hydrogen-bond acceptors (Lipinski definition) is 5. The first kappa shape index (κ1) is 14.5. The Morgan fingerprint density at radius 2 is 2.30 bits per heavy atom. The number of amides is 1. The summed E-state index contributed by atoms with van der Waals surface area (Å²) in [5.41, 5.74) is 2.83. The van der Waals surface area contributed by atoms with Gasteiger partial charge in [-0.25, -0.2) is 15.8 Å². The third kappa shape index (κ3) is 2.97.